The lowest BCUT2D eigenvalue weighted by atomic mass is 9.92. The van der Waals surface area contributed by atoms with Gasteiger partial charge in [0.25, 0.3) is 5.91 Å². The van der Waals surface area contributed by atoms with Gasteiger partial charge in [-0.05, 0) is 36.4 Å². The first-order valence-corrected chi connectivity index (χ1v) is 9.24. The Labute approximate surface area is 172 Å². The summed E-state index contributed by atoms with van der Waals surface area (Å²) in [6.45, 7) is 0. The molecular formula is C23H15ClN2O3. The monoisotopic (exact) mass is 402 g/mol. The van der Waals surface area contributed by atoms with Crippen molar-refractivity contribution in [2.24, 2.45) is 0 Å². The summed E-state index contributed by atoms with van der Waals surface area (Å²) in [6.07, 6.45) is 0. The molecule has 0 bridgehead atoms. The lowest BCUT2D eigenvalue weighted by molar-refractivity contribution is 0.0982. The van der Waals surface area contributed by atoms with Crippen molar-refractivity contribution in [2.45, 2.75) is 0 Å². The van der Waals surface area contributed by atoms with E-state index in [1.165, 1.54) is 0 Å². The van der Waals surface area contributed by atoms with E-state index in [2.05, 4.69) is 10.6 Å². The normalized spacial score (nSPS) is 13.1. The Morgan fingerprint density at radius 3 is 1.90 bits per heavy atom. The molecular weight excluding hydrogens is 388 g/mol. The van der Waals surface area contributed by atoms with E-state index in [4.69, 9.17) is 11.6 Å². The molecule has 0 heterocycles. The van der Waals surface area contributed by atoms with Crippen molar-refractivity contribution in [1.82, 2.24) is 0 Å². The summed E-state index contributed by atoms with van der Waals surface area (Å²) in [7, 11) is 0. The van der Waals surface area contributed by atoms with Crippen LogP contribution >= 0.6 is 11.6 Å². The molecule has 0 fully saturated rings. The molecule has 0 aliphatic heterocycles. The zero-order chi connectivity index (χ0) is 20.4. The molecule has 0 saturated heterocycles. The van der Waals surface area contributed by atoms with Crippen LogP contribution in [0.25, 0.3) is 0 Å². The molecule has 3 aromatic carbocycles. The molecule has 1 aliphatic rings. The molecule has 0 saturated carbocycles. The van der Waals surface area contributed by atoms with Crippen LogP contribution in [0.4, 0.5) is 11.4 Å². The van der Waals surface area contributed by atoms with Crippen LogP contribution in [0.2, 0.25) is 0 Å². The quantitative estimate of drug-likeness (QED) is 0.652. The van der Waals surface area contributed by atoms with Gasteiger partial charge >= 0.3 is 0 Å². The van der Waals surface area contributed by atoms with E-state index in [9.17, 15) is 14.4 Å². The maximum Gasteiger partial charge on any atom is 0.255 e. The third-order valence-corrected chi connectivity index (χ3v) is 4.87. The van der Waals surface area contributed by atoms with E-state index in [1.54, 1.807) is 72.8 Å². The third kappa shape index (κ3) is 3.68. The van der Waals surface area contributed by atoms with Crippen LogP contribution in [0.15, 0.2) is 89.6 Å². The van der Waals surface area contributed by atoms with Crippen molar-refractivity contribution in [3.8, 4) is 0 Å². The molecule has 0 radical (unpaired) electrons. The zero-order valence-corrected chi connectivity index (χ0v) is 15.9. The summed E-state index contributed by atoms with van der Waals surface area (Å²) in [5.74, 6) is -0.954. The number of ketones is 2. The molecule has 4 rings (SSSR count). The Morgan fingerprint density at radius 1 is 0.690 bits per heavy atom. The number of nitrogens with one attached hydrogen (secondary N) is 2. The van der Waals surface area contributed by atoms with Crippen LogP contribution in [0, 0.1) is 0 Å². The van der Waals surface area contributed by atoms with Gasteiger partial charge in [-0.15, -0.1) is 0 Å². The van der Waals surface area contributed by atoms with Crippen LogP contribution in [-0.4, -0.2) is 17.5 Å². The molecule has 1 aliphatic carbocycles. The molecule has 3 aromatic rings. The van der Waals surface area contributed by atoms with Crippen LogP contribution in [0.5, 0.6) is 0 Å². The van der Waals surface area contributed by atoms with E-state index in [0.29, 0.717) is 28.1 Å². The number of benzene rings is 3. The third-order valence-electron chi connectivity index (χ3n) is 4.51. The number of halogens is 1. The average Bonchev–Trinajstić information content (AvgIpc) is 2.77. The standard InChI is InChI=1S/C23H15ClN2O3/c24-19-20(22(28)18-9-5-4-8-17(18)21(19)27)25-15-10-12-16(13-11-15)26-23(29)14-6-2-1-3-7-14/h1-13,25H,(H,26,29). The maximum atomic E-state index is 12.7. The van der Waals surface area contributed by atoms with Crippen molar-refractivity contribution in [3.63, 3.8) is 0 Å². The number of hydrogen-bond acceptors (Lipinski definition) is 4. The fourth-order valence-corrected chi connectivity index (χ4v) is 3.27. The lowest BCUT2D eigenvalue weighted by Crippen LogP contribution is -2.24. The first-order chi connectivity index (χ1) is 14.0. The number of allylic oxidation sites excluding steroid dienone is 2. The van der Waals surface area contributed by atoms with Gasteiger partial charge in [0.05, 0.1) is 0 Å². The summed E-state index contributed by atoms with van der Waals surface area (Å²) in [6, 6.07) is 22.2. The van der Waals surface area contributed by atoms with E-state index in [1.807, 2.05) is 6.07 Å². The highest BCUT2D eigenvalue weighted by atomic mass is 35.5. The predicted octanol–water partition coefficient (Wildman–Crippen LogP) is 4.88. The minimum absolute atomic E-state index is 0.0384. The van der Waals surface area contributed by atoms with Crippen molar-refractivity contribution in [2.75, 3.05) is 10.6 Å². The van der Waals surface area contributed by atoms with Crippen LogP contribution < -0.4 is 10.6 Å². The molecule has 2 N–H and O–H groups in total. The summed E-state index contributed by atoms with van der Waals surface area (Å²) in [5, 5.41) is 5.59. The number of carbonyl (C=O) groups is 3. The second-order valence-corrected chi connectivity index (χ2v) is 6.79. The van der Waals surface area contributed by atoms with Crippen molar-refractivity contribution >= 4 is 40.4 Å². The predicted molar refractivity (Wildman–Crippen MR) is 112 cm³/mol. The number of hydrogen-bond donors (Lipinski definition) is 2. The van der Waals surface area contributed by atoms with Gasteiger partial charge in [0.15, 0.2) is 0 Å². The van der Waals surface area contributed by atoms with Gasteiger partial charge in [0.2, 0.25) is 11.6 Å². The minimum atomic E-state index is -0.392. The highest BCUT2D eigenvalue weighted by Crippen LogP contribution is 2.29. The van der Waals surface area contributed by atoms with Gasteiger partial charge < -0.3 is 10.6 Å². The van der Waals surface area contributed by atoms with E-state index >= 15 is 0 Å². The van der Waals surface area contributed by atoms with Crippen LogP contribution in [0.3, 0.4) is 0 Å². The molecule has 0 aromatic heterocycles. The highest BCUT2D eigenvalue weighted by Gasteiger charge is 2.31. The molecule has 0 unspecified atom stereocenters. The number of anilines is 2. The smallest absolute Gasteiger partial charge is 0.255 e. The van der Waals surface area contributed by atoms with Crippen molar-refractivity contribution < 1.29 is 14.4 Å². The Morgan fingerprint density at radius 2 is 1.24 bits per heavy atom. The maximum absolute atomic E-state index is 12.7. The van der Waals surface area contributed by atoms with Crippen molar-refractivity contribution in [1.29, 1.82) is 0 Å². The number of rotatable bonds is 4. The van der Waals surface area contributed by atoms with Gasteiger partial charge in [-0.25, -0.2) is 0 Å². The summed E-state index contributed by atoms with van der Waals surface area (Å²) >= 11 is 6.16. The van der Waals surface area contributed by atoms with Gasteiger partial charge in [-0.2, -0.15) is 0 Å². The van der Waals surface area contributed by atoms with Gasteiger partial charge in [-0.3, -0.25) is 14.4 Å². The molecule has 5 nitrogen and oxygen atoms in total. The van der Waals surface area contributed by atoms with Gasteiger partial charge in [0.1, 0.15) is 10.7 Å². The molecule has 0 atom stereocenters. The molecule has 142 valence electrons. The van der Waals surface area contributed by atoms with E-state index < -0.39 is 5.78 Å². The molecule has 0 spiro atoms. The molecule has 6 heteroatoms. The Hall–Kier alpha value is -3.70. The first-order valence-electron chi connectivity index (χ1n) is 8.86. The van der Waals surface area contributed by atoms with Crippen LogP contribution in [0.1, 0.15) is 31.1 Å². The highest BCUT2D eigenvalue weighted by molar-refractivity contribution is 6.50. The average molecular weight is 403 g/mol. The summed E-state index contributed by atoms with van der Waals surface area (Å²) in [5.41, 5.74) is 2.37. The number of amides is 1. The largest absolute Gasteiger partial charge is 0.351 e. The fourth-order valence-electron chi connectivity index (χ4n) is 3.03. The minimum Gasteiger partial charge on any atom is -0.351 e. The Kier molecular flexibility index (Phi) is 4.97. The second-order valence-electron chi connectivity index (χ2n) is 6.42. The Balaban J connectivity index is 1.52. The second kappa shape index (κ2) is 7.73. The molecule has 1 amide bonds. The lowest BCUT2D eigenvalue weighted by Gasteiger charge is -2.19. The fraction of sp³-hybridized carbons (Fsp3) is 0. The van der Waals surface area contributed by atoms with E-state index in [0.717, 1.165) is 0 Å². The summed E-state index contributed by atoms with van der Waals surface area (Å²) < 4.78 is 0. The first kappa shape index (κ1) is 18.7. The number of fused-ring (bicyclic) bond motifs is 1. The Bertz CT molecular complexity index is 1150. The number of carbonyl (C=O) groups excluding carboxylic acids is 3. The van der Waals surface area contributed by atoms with Gasteiger partial charge in [-0.1, -0.05) is 54.1 Å². The molecule has 29 heavy (non-hydrogen) atoms. The number of Topliss-reactive ketones (excluding diaryl/α,β-unsaturated/α-hetero) is 2. The summed E-state index contributed by atoms with van der Waals surface area (Å²) in [4.78, 5) is 37.4. The van der Waals surface area contributed by atoms with Gasteiger partial charge in [0, 0.05) is 28.1 Å². The zero-order valence-electron chi connectivity index (χ0n) is 15.1. The SMILES string of the molecule is O=C(Nc1ccc(NC2=C(Cl)C(=O)c3ccccc3C2=O)cc1)c1ccccc1. The van der Waals surface area contributed by atoms with Crippen molar-refractivity contribution in [3.05, 3.63) is 106 Å². The van der Waals surface area contributed by atoms with E-state index in [-0.39, 0.29) is 22.4 Å². The topological polar surface area (TPSA) is 75.3 Å². The van der Waals surface area contributed by atoms with Crippen LogP contribution in [-0.2, 0) is 0 Å².